The lowest BCUT2D eigenvalue weighted by atomic mass is 10.1. The number of phenolic OH excluding ortho intramolecular Hbond substituents is 1. The van der Waals surface area contributed by atoms with Gasteiger partial charge in [-0.3, -0.25) is 15.1 Å². The summed E-state index contributed by atoms with van der Waals surface area (Å²) in [6.45, 7) is 1.70. The normalized spacial score (nSPS) is 11.2. The van der Waals surface area contributed by atoms with Gasteiger partial charge in [-0.2, -0.15) is 0 Å². The Morgan fingerprint density at radius 1 is 1.07 bits per heavy atom. The number of benzene rings is 3. The zero-order valence-corrected chi connectivity index (χ0v) is 15.9. The summed E-state index contributed by atoms with van der Waals surface area (Å²) in [6, 6.07) is 18.9. The highest BCUT2D eigenvalue weighted by molar-refractivity contribution is 5.88. The van der Waals surface area contributed by atoms with Crippen molar-refractivity contribution in [1.82, 2.24) is 0 Å². The average Bonchev–Trinajstić information content (AvgIpc) is 2.73. The minimum Gasteiger partial charge on any atom is -0.502 e. The number of phenols is 1. The van der Waals surface area contributed by atoms with Gasteiger partial charge in [-0.05, 0) is 48.4 Å². The molecule has 1 heterocycles. The molecule has 4 aromatic rings. The fourth-order valence-electron chi connectivity index (χ4n) is 3.19. The lowest BCUT2D eigenvalue weighted by molar-refractivity contribution is -0.385. The van der Waals surface area contributed by atoms with Gasteiger partial charge in [0, 0.05) is 23.2 Å². The molecule has 30 heavy (non-hydrogen) atoms. The molecule has 1 aromatic heterocycles. The molecule has 0 bridgehead atoms. The molecule has 0 saturated heterocycles. The van der Waals surface area contributed by atoms with Crippen molar-refractivity contribution in [3.63, 3.8) is 0 Å². The van der Waals surface area contributed by atoms with Crippen molar-refractivity contribution in [1.29, 1.82) is 0 Å². The third kappa shape index (κ3) is 3.68. The van der Waals surface area contributed by atoms with E-state index < -0.39 is 16.3 Å². The Morgan fingerprint density at radius 3 is 2.67 bits per heavy atom. The minimum absolute atomic E-state index is 0.234. The number of nitrogens with zero attached hydrogens (tertiary/aromatic N) is 2. The Morgan fingerprint density at radius 2 is 1.87 bits per heavy atom. The van der Waals surface area contributed by atoms with Crippen LogP contribution < -0.4 is 5.63 Å². The van der Waals surface area contributed by atoms with Crippen molar-refractivity contribution in [3.8, 4) is 16.9 Å². The Bertz CT molecular complexity index is 1370. The van der Waals surface area contributed by atoms with Gasteiger partial charge in [0.2, 0.25) is 5.75 Å². The summed E-state index contributed by atoms with van der Waals surface area (Å²) in [5, 5.41) is 22.0. The molecule has 0 aliphatic heterocycles. The lowest BCUT2D eigenvalue weighted by Crippen LogP contribution is -2.02. The van der Waals surface area contributed by atoms with E-state index in [2.05, 4.69) is 4.99 Å². The van der Waals surface area contributed by atoms with E-state index in [-0.39, 0.29) is 11.3 Å². The Kier molecular flexibility index (Phi) is 4.85. The van der Waals surface area contributed by atoms with Crippen LogP contribution in [0.2, 0.25) is 0 Å². The number of nitro benzene ring substituents is 1. The molecule has 148 valence electrons. The van der Waals surface area contributed by atoms with Crippen molar-refractivity contribution in [2.75, 3.05) is 0 Å². The van der Waals surface area contributed by atoms with E-state index >= 15 is 0 Å². The molecule has 0 unspecified atom stereocenters. The van der Waals surface area contributed by atoms with Crippen molar-refractivity contribution in [2.24, 2.45) is 4.99 Å². The molecule has 0 radical (unpaired) electrons. The van der Waals surface area contributed by atoms with Crippen molar-refractivity contribution in [3.05, 3.63) is 98.4 Å². The van der Waals surface area contributed by atoms with Gasteiger partial charge in [0.15, 0.2) is 0 Å². The monoisotopic (exact) mass is 400 g/mol. The first-order valence-corrected chi connectivity index (χ1v) is 9.08. The second-order valence-electron chi connectivity index (χ2n) is 6.77. The second-order valence-corrected chi connectivity index (χ2v) is 6.77. The Labute approximate surface area is 170 Å². The number of aromatic hydroxyl groups is 1. The van der Waals surface area contributed by atoms with Crippen LogP contribution in [0.1, 0.15) is 11.1 Å². The van der Waals surface area contributed by atoms with Crippen LogP contribution in [0.4, 0.5) is 11.4 Å². The predicted molar refractivity (Wildman–Crippen MR) is 115 cm³/mol. The minimum atomic E-state index is -0.640. The molecule has 4 rings (SSSR count). The number of para-hydroxylation sites is 1. The van der Waals surface area contributed by atoms with Crippen molar-refractivity contribution < 1.29 is 14.4 Å². The molecular formula is C23H16N2O5. The molecule has 1 N–H and O–H groups in total. The van der Waals surface area contributed by atoms with E-state index in [1.165, 1.54) is 12.3 Å². The summed E-state index contributed by atoms with van der Waals surface area (Å²) in [7, 11) is 0. The molecule has 7 nitrogen and oxygen atoms in total. The van der Waals surface area contributed by atoms with Crippen LogP contribution in [-0.4, -0.2) is 16.2 Å². The largest absolute Gasteiger partial charge is 0.502 e. The maximum atomic E-state index is 12.4. The summed E-state index contributed by atoms with van der Waals surface area (Å²) in [5.74, 6) is -0.444. The number of rotatable bonds is 4. The first-order chi connectivity index (χ1) is 14.4. The van der Waals surface area contributed by atoms with E-state index in [9.17, 15) is 20.0 Å². The Hall–Kier alpha value is -4.26. The van der Waals surface area contributed by atoms with Crippen LogP contribution in [0.25, 0.3) is 22.1 Å². The molecule has 0 fully saturated rings. The molecule has 0 atom stereocenters. The van der Waals surface area contributed by atoms with Crippen LogP contribution in [0.15, 0.2) is 80.9 Å². The lowest BCUT2D eigenvalue weighted by Gasteiger charge is -2.04. The van der Waals surface area contributed by atoms with Crippen LogP contribution in [0, 0.1) is 17.0 Å². The SMILES string of the molecule is Cc1cc(C=Nc2cccc(-c3cc4ccccc4oc3=O)c2)c(O)c([N+](=O)[O-])c1. The third-order valence-corrected chi connectivity index (χ3v) is 4.61. The van der Waals surface area contributed by atoms with Gasteiger partial charge in [-0.15, -0.1) is 0 Å². The smallest absolute Gasteiger partial charge is 0.344 e. The molecule has 0 aliphatic carbocycles. The van der Waals surface area contributed by atoms with Crippen LogP contribution in [0.3, 0.4) is 0 Å². The van der Waals surface area contributed by atoms with E-state index in [0.717, 1.165) is 5.39 Å². The topological polar surface area (TPSA) is 106 Å². The van der Waals surface area contributed by atoms with E-state index in [0.29, 0.717) is 28.0 Å². The van der Waals surface area contributed by atoms with Crippen LogP contribution in [-0.2, 0) is 0 Å². The first kappa shape index (κ1) is 19.1. The molecule has 0 saturated carbocycles. The molecular weight excluding hydrogens is 384 g/mol. The summed E-state index contributed by atoms with van der Waals surface area (Å²) in [4.78, 5) is 27.2. The average molecular weight is 400 g/mol. The summed E-state index contributed by atoms with van der Waals surface area (Å²) < 4.78 is 5.39. The number of hydrogen-bond donors (Lipinski definition) is 1. The number of aryl methyl sites for hydroxylation is 1. The Balaban J connectivity index is 1.73. The molecule has 0 spiro atoms. The zero-order valence-electron chi connectivity index (χ0n) is 15.9. The van der Waals surface area contributed by atoms with Gasteiger partial charge in [0.25, 0.3) is 0 Å². The third-order valence-electron chi connectivity index (χ3n) is 4.61. The van der Waals surface area contributed by atoms with Gasteiger partial charge in [0.1, 0.15) is 5.58 Å². The van der Waals surface area contributed by atoms with Gasteiger partial charge in [-0.25, -0.2) is 4.79 Å². The summed E-state index contributed by atoms with van der Waals surface area (Å²) in [5.41, 5.74) is 2.09. The van der Waals surface area contributed by atoms with E-state index in [4.69, 9.17) is 4.42 Å². The fraction of sp³-hybridized carbons (Fsp3) is 0.0435. The van der Waals surface area contributed by atoms with E-state index in [1.54, 1.807) is 55.5 Å². The highest BCUT2D eigenvalue weighted by Crippen LogP contribution is 2.31. The second kappa shape index (κ2) is 7.63. The van der Waals surface area contributed by atoms with Crippen molar-refractivity contribution in [2.45, 2.75) is 6.92 Å². The highest BCUT2D eigenvalue weighted by Gasteiger charge is 2.17. The predicted octanol–water partition coefficient (Wildman–Crippen LogP) is 5.13. The quantitative estimate of drug-likeness (QED) is 0.221. The molecule has 3 aromatic carbocycles. The number of nitro groups is 1. The summed E-state index contributed by atoms with van der Waals surface area (Å²) in [6.07, 6.45) is 1.36. The maximum absolute atomic E-state index is 12.4. The van der Waals surface area contributed by atoms with Crippen LogP contribution >= 0.6 is 0 Å². The molecule has 0 aliphatic rings. The van der Waals surface area contributed by atoms with Gasteiger partial charge in [-0.1, -0.05) is 30.3 Å². The summed E-state index contributed by atoms with van der Waals surface area (Å²) >= 11 is 0. The molecule has 0 amide bonds. The fourth-order valence-corrected chi connectivity index (χ4v) is 3.19. The van der Waals surface area contributed by atoms with Gasteiger partial charge < -0.3 is 9.52 Å². The van der Waals surface area contributed by atoms with E-state index in [1.807, 2.05) is 12.1 Å². The number of aliphatic imine (C=N–C) groups is 1. The van der Waals surface area contributed by atoms with Crippen molar-refractivity contribution >= 4 is 28.6 Å². The first-order valence-electron chi connectivity index (χ1n) is 9.08. The number of fused-ring (bicyclic) bond motifs is 1. The highest BCUT2D eigenvalue weighted by atomic mass is 16.6. The molecule has 7 heteroatoms. The zero-order chi connectivity index (χ0) is 21.3. The van der Waals surface area contributed by atoms with Gasteiger partial charge in [0.05, 0.1) is 16.2 Å². The van der Waals surface area contributed by atoms with Gasteiger partial charge >= 0.3 is 11.3 Å². The number of hydrogen-bond acceptors (Lipinski definition) is 6. The maximum Gasteiger partial charge on any atom is 0.344 e. The standard InChI is InChI=1S/C23H16N2O5/c1-14-9-17(22(26)20(10-14)25(28)29)13-24-18-7-4-6-15(11-18)19-12-16-5-2-3-8-21(16)30-23(19)27/h2-13,26H,1H3. The van der Waals surface area contributed by atoms with Crippen LogP contribution in [0.5, 0.6) is 5.75 Å².